The van der Waals surface area contributed by atoms with Gasteiger partial charge in [0.1, 0.15) is 0 Å². The Kier molecular flexibility index (Phi) is 2.00. The van der Waals surface area contributed by atoms with Crippen LogP contribution in [0.2, 0.25) is 0 Å². The zero-order chi connectivity index (χ0) is 10.1. The van der Waals surface area contributed by atoms with Crippen molar-refractivity contribution in [3.63, 3.8) is 0 Å². The lowest BCUT2D eigenvalue weighted by atomic mass is 10.1. The Morgan fingerprint density at radius 1 is 1.36 bits per heavy atom. The topological polar surface area (TPSA) is 48.4 Å². The van der Waals surface area contributed by atoms with Gasteiger partial charge in [-0.15, -0.1) is 0 Å². The molecule has 2 rings (SSSR count). The first-order valence-electron chi connectivity index (χ1n) is 4.47. The van der Waals surface area contributed by atoms with Crippen LogP contribution < -0.4 is 0 Å². The summed E-state index contributed by atoms with van der Waals surface area (Å²) in [5.41, 5.74) is 2.56. The Morgan fingerprint density at radius 2 is 2.07 bits per heavy atom. The Labute approximate surface area is 82.1 Å². The van der Waals surface area contributed by atoms with Gasteiger partial charge in [0, 0.05) is 23.7 Å². The largest absolute Gasteiger partial charge is 0.494 e. The maximum absolute atomic E-state index is 9.70. The first-order valence-corrected chi connectivity index (χ1v) is 4.47. The van der Waals surface area contributed by atoms with Gasteiger partial charge in [-0.25, -0.2) is 0 Å². The number of aromatic amines is 1. The summed E-state index contributed by atoms with van der Waals surface area (Å²) in [6.45, 7) is 1.88. The Morgan fingerprint density at radius 3 is 2.79 bits per heavy atom. The van der Waals surface area contributed by atoms with Gasteiger partial charge in [0.05, 0.1) is 5.56 Å². The van der Waals surface area contributed by atoms with Gasteiger partial charge in [-0.3, -0.25) is 4.99 Å². The first kappa shape index (κ1) is 8.81. The highest BCUT2D eigenvalue weighted by Crippen LogP contribution is 2.27. The number of aromatic nitrogens is 1. The number of nitrogens with one attached hydrogen (secondary N) is 1. The Balaban J connectivity index is 2.81. The number of nitrogens with zero attached hydrogens (tertiary/aromatic N) is 1. The first-order chi connectivity index (χ1) is 6.74. The van der Waals surface area contributed by atoms with Gasteiger partial charge in [0.15, 0.2) is 5.88 Å². The van der Waals surface area contributed by atoms with Crippen LogP contribution in [0, 0.1) is 0 Å². The van der Waals surface area contributed by atoms with Crippen molar-refractivity contribution in [1.29, 1.82) is 0 Å². The van der Waals surface area contributed by atoms with Gasteiger partial charge in [-0.05, 0) is 13.0 Å². The monoisotopic (exact) mass is 188 g/mol. The molecule has 2 aromatic rings. The van der Waals surface area contributed by atoms with Gasteiger partial charge < -0.3 is 10.1 Å². The second-order valence-corrected chi connectivity index (χ2v) is 3.20. The second kappa shape index (κ2) is 3.18. The number of fused-ring (bicyclic) bond motifs is 1. The van der Waals surface area contributed by atoms with Crippen LogP contribution in [0.1, 0.15) is 12.5 Å². The van der Waals surface area contributed by atoms with E-state index in [2.05, 4.69) is 9.98 Å². The van der Waals surface area contributed by atoms with Crippen molar-refractivity contribution < 1.29 is 5.11 Å². The molecule has 0 atom stereocenters. The zero-order valence-electron chi connectivity index (χ0n) is 8.20. The van der Waals surface area contributed by atoms with Gasteiger partial charge in [0.25, 0.3) is 0 Å². The molecule has 0 saturated heterocycles. The standard InChI is InChI=1S/C11H12N2O/c1-7(12-2)10-8-5-3-4-6-9(8)13-11(10)14/h3-6,13-14H,1-2H3. The van der Waals surface area contributed by atoms with Crippen LogP contribution in [0.4, 0.5) is 0 Å². The highest BCUT2D eigenvalue weighted by atomic mass is 16.3. The van der Waals surface area contributed by atoms with E-state index < -0.39 is 0 Å². The number of hydrogen-bond acceptors (Lipinski definition) is 2. The number of aromatic hydroxyl groups is 1. The quantitative estimate of drug-likeness (QED) is 0.663. The van der Waals surface area contributed by atoms with Gasteiger partial charge in [-0.1, -0.05) is 18.2 Å². The molecule has 14 heavy (non-hydrogen) atoms. The molecule has 0 aliphatic heterocycles. The van der Waals surface area contributed by atoms with E-state index in [1.54, 1.807) is 7.05 Å². The molecular weight excluding hydrogens is 176 g/mol. The van der Waals surface area contributed by atoms with E-state index >= 15 is 0 Å². The van der Waals surface area contributed by atoms with Crippen LogP contribution in [0.25, 0.3) is 10.9 Å². The van der Waals surface area contributed by atoms with E-state index in [9.17, 15) is 5.11 Å². The Bertz CT molecular complexity index is 497. The van der Waals surface area contributed by atoms with E-state index in [1.807, 2.05) is 31.2 Å². The molecule has 0 unspecified atom stereocenters. The fraction of sp³-hybridized carbons (Fsp3) is 0.182. The van der Waals surface area contributed by atoms with Crippen molar-refractivity contribution in [2.24, 2.45) is 4.99 Å². The molecule has 3 nitrogen and oxygen atoms in total. The number of benzene rings is 1. The summed E-state index contributed by atoms with van der Waals surface area (Å²) in [4.78, 5) is 7.00. The third-order valence-corrected chi connectivity index (χ3v) is 2.38. The van der Waals surface area contributed by atoms with E-state index in [4.69, 9.17) is 0 Å². The summed E-state index contributed by atoms with van der Waals surface area (Å²) in [6.07, 6.45) is 0. The molecule has 0 aliphatic rings. The normalized spacial score (nSPS) is 12.3. The second-order valence-electron chi connectivity index (χ2n) is 3.20. The van der Waals surface area contributed by atoms with Crippen molar-refractivity contribution in [3.8, 4) is 5.88 Å². The van der Waals surface area contributed by atoms with Crippen molar-refractivity contribution in [3.05, 3.63) is 29.8 Å². The fourth-order valence-corrected chi connectivity index (χ4v) is 1.61. The van der Waals surface area contributed by atoms with Crippen LogP contribution in [-0.2, 0) is 0 Å². The minimum absolute atomic E-state index is 0.189. The maximum Gasteiger partial charge on any atom is 0.198 e. The average molecular weight is 188 g/mol. The minimum Gasteiger partial charge on any atom is -0.494 e. The zero-order valence-corrected chi connectivity index (χ0v) is 8.20. The molecule has 0 radical (unpaired) electrons. The van der Waals surface area contributed by atoms with E-state index in [0.717, 1.165) is 22.2 Å². The molecule has 0 saturated carbocycles. The smallest absolute Gasteiger partial charge is 0.198 e. The maximum atomic E-state index is 9.70. The summed E-state index contributed by atoms with van der Waals surface area (Å²) >= 11 is 0. The summed E-state index contributed by atoms with van der Waals surface area (Å²) in [5, 5.41) is 10.7. The molecular formula is C11H12N2O. The molecule has 3 heteroatoms. The summed E-state index contributed by atoms with van der Waals surface area (Å²) < 4.78 is 0. The molecule has 2 N–H and O–H groups in total. The molecule has 1 aromatic heterocycles. The highest BCUT2D eigenvalue weighted by molar-refractivity contribution is 6.11. The molecule has 0 aliphatic carbocycles. The summed E-state index contributed by atoms with van der Waals surface area (Å²) in [6, 6.07) is 7.78. The molecule has 0 spiro atoms. The number of aliphatic imine (C=N–C) groups is 1. The van der Waals surface area contributed by atoms with E-state index in [0.29, 0.717) is 0 Å². The molecule has 0 fully saturated rings. The molecule has 72 valence electrons. The van der Waals surface area contributed by atoms with Gasteiger partial charge in [0.2, 0.25) is 0 Å². The van der Waals surface area contributed by atoms with Crippen LogP contribution in [0.5, 0.6) is 5.88 Å². The predicted molar refractivity (Wildman–Crippen MR) is 58.1 cm³/mol. The lowest BCUT2D eigenvalue weighted by Gasteiger charge is -1.97. The van der Waals surface area contributed by atoms with Crippen LogP contribution in [0.15, 0.2) is 29.3 Å². The van der Waals surface area contributed by atoms with Crippen molar-refractivity contribution in [2.45, 2.75) is 6.92 Å². The average Bonchev–Trinajstić information content (AvgIpc) is 2.53. The van der Waals surface area contributed by atoms with Crippen molar-refractivity contribution >= 4 is 16.6 Å². The SMILES string of the molecule is CN=C(C)c1c(O)[nH]c2ccccc12. The molecule has 1 aromatic carbocycles. The summed E-state index contributed by atoms with van der Waals surface area (Å²) in [5.74, 6) is 0.189. The summed E-state index contributed by atoms with van der Waals surface area (Å²) in [7, 11) is 1.72. The molecule has 1 heterocycles. The van der Waals surface area contributed by atoms with E-state index in [1.165, 1.54) is 0 Å². The number of hydrogen-bond donors (Lipinski definition) is 2. The lowest BCUT2D eigenvalue weighted by molar-refractivity contribution is 0.457. The highest BCUT2D eigenvalue weighted by Gasteiger charge is 2.11. The van der Waals surface area contributed by atoms with Crippen molar-refractivity contribution in [1.82, 2.24) is 4.98 Å². The lowest BCUT2D eigenvalue weighted by Crippen LogP contribution is -1.92. The Hall–Kier alpha value is -1.77. The minimum atomic E-state index is 0.189. The van der Waals surface area contributed by atoms with E-state index in [-0.39, 0.29) is 5.88 Å². The fourth-order valence-electron chi connectivity index (χ4n) is 1.61. The molecule has 0 bridgehead atoms. The predicted octanol–water partition coefficient (Wildman–Crippen LogP) is 2.31. The number of H-pyrrole nitrogens is 1. The van der Waals surface area contributed by atoms with Crippen LogP contribution >= 0.6 is 0 Å². The van der Waals surface area contributed by atoms with Crippen LogP contribution in [-0.4, -0.2) is 22.8 Å². The third kappa shape index (κ3) is 1.18. The third-order valence-electron chi connectivity index (χ3n) is 2.38. The van der Waals surface area contributed by atoms with Gasteiger partial charge >= 0.3 is 0 Å². The van der Waals surface area contributed by atoms with Crippen molar-refractivity contribution in [2.75, 3.05) is 7.05 Å². The molecule has 0 amide bonds. The van der Waals surface area contributed by atoms with Gasteiger partial charge in [-0.2, -0.15) is 0 Å². The van der Waals surface area contributed by atoms with Crippen LogP contribution in [0.3, 0.4) is 0 Å². The number of para-hydroxylation sites is 1. The number of rotatable bonds is 1.